The Morgan fingerprint density at radius 3 is 2.05 bits per heavy atom. The van der Waals surface area contributed by atoms with E-state index in [1.807, 2.05) is 6.92 Å². The third kappa shape index (κ3) is 2.54. The molecule has 2 rings (SSSR count). The number of amidine groups is 1. The van der Waals surface area contributed by atoms with Crippen LogP contribution < -0.4 is 5.32 Å². The Balaban J connectivity index is 2.32. The topological polar surface area (TPSA) is 24.4 Å². The number of rotatable bonds is 2. The van der Waals surface area contributed by atoms with Crippen molar-refractivity contribution in [1.29, 1.82) is 0 Å². The van der Waals surface area contributed by atoms with Gasteiger partial charge in [0.15, 0.2) is 28.4 Å². The Morgan fingerprint density at radius 2 is 1.58 bits per heavy atom. The standard InChI is InChI=1S/C11H9F5N2S/c1-2-4-3-17-11(19-4)18-10-8(15)6(13)5(12)7(14)9(10)16/h4H,2-3H2,1H3,(H,17,18). The summed E-state index contributed by atoms with van der Waals surface area (Å²) in [6.45, 7) is 2.35. The van der Waals surface area contributed by atoms with Crippen LogP contribution in [0.25, 0.3) is 0 Å². The van der Waals surface area contributed by atoms with E-state index in [0.29, 0.717) is 6.54 Å². The highest BCUT2D eigenvalue weighted by Crippen LogP contribution is 2.30. The first-order valence-corrected chi connectivity index (χ1v) is 6.33. The average Bonchev–Trinajstić information content (AvgIpc) is 2.87. The normalized spacial score (nSPS) is 18.6. The van der Waals surface area contributed by atoms with Crippen LogP contribution in [-0.2, 0) is 0 Å². The molecule has 0 saturated heterocycles. The predicted molar refractivity (Wildman–Crippen MR) is 63.8 cm³/mol. The van der Waals surface area contributed by atoms with E-state index < -0.39 is 34.8 Å². The summed E-state index contributed by atoms with van der Waals surface area (Å²) in [6, 6.07) is 0. The lowest BCUT2D eigenvalue weighted by Crippen LogP contribution is -2.13. The number of thioether (sulfide) groups is 1. The second-order valence-electron chi connectivity index (χ2n) is 3.86. The van der Waals surface area contributed by atoms with Crippen LogP contribution in [-0.4, -0.2) is 17.0 Å². The number of hydrogen-bond acceptors (Lipinski definition) is 3. The van der Waals surface area contributed by atoms with Crippen molar-refractivity contribution < 1.29 is 22.0 Å². The number of nitrogens with one attached hydrogen (secondary N) is 1. The molecule has 2 nitrogen and oxygen atoms in total. The highest BCUT2D eigenvalue weighted by atomic mass is 32.2. The summed E-state index contributed by atoms with van der Waals surface area (Å²) >= 11 is 1.21. The SMILES string of the molecule is CCC1CN=C(Nc2c(F)c(F)c(F)c(F)c2F)S1. The summed E-state index contributed by atoms with van der Waals surface area (Å²) in [5.74, 6) is -9.90. The van der Waals surface area contributed by atoms with Gasteiger partial charge in [0.1, 0.15) is 5.69 Å². The van der Waals surface area contributed by atoms with Gasteiger partial charge in [-0.1, -0.05) is 18.7 Å². The van der Waals surface area contributed by atoms with Crippen molar-refractivity contribution in [3.05, 3.63) is 29.1 Å². The van der Waals surface area contributed by atoms with E-state index >= 15 is 0 Å². The van der Waals surface area contributed by atoms with Gasteiger partial charge in [0.2, 0.25) is 5.82 Å². The van der Waals surface area contributed by atoms with Crippen LogP contribution in [0.15, 0.2) is 4.99 Å². The number of nitrogens with zero attached hydrogens (tertiary/aromatic N) is 1. The van der Waals surface area contributed by atoms with Crippen molar-refractivity contribution in [3.8, 4) is 0 Å². The summed E-state index contributed by atoms with van der Waals surface area (Å²) in [5.41, 5.74) is -1.07. The highest BCUT2D eigenvalue weighted by Gasteiger charge is 2.28. The molecule has 1 atom stereocenters. The zero-order valence-electron chi connectivity index (χ0n) is 9.74. The molecule has 0 bridgehead atoms. The van der Waals surface area contributed by atoms with Gasteiger partial charge in [0, 0.05) is 5.25 Å². The van der Waals surface area contributed by atoms with Crippen molar-refractivity contribution in [2.75, 3.05) is 11.9 Å². The molecule has 104 valence electrons. The van der Waals surface area contributed by atoms with E-state index in [9.17, 15) is 22.0 Å². The van der Waals surface area contributed by atoms with E-state index in [0.717, 1.165) is 6.42 Å². The molecule has 0 aromatic heterocycles. The van der Waals surface area contributed by atoms with Gasteiger partial charge in [-0.05, 0) is 6.42 Å². The number of benzene rings is 1. The van der Waals surface area contributed by atoms with Gasteiger partial charge >= 0.3 is 0 Å². The molecule has 0 amide bonds. The van der Waals surface area contributed by atoms with Gasteiger partial charge in [-0.15, -0.1) is 0 Å². The smallest absolute Gasteiger partial charge is 0.200 e. The molecule has 1 N–H and O–H groups in total. The lowest BCUT2D eigenvalue weighted by Gasteiger charge is -2.10. The predicted octanol–water partition coefficient (Wildman–Crippen LogP) is 3.68. The Morgan fingerprint density at radius 1 is 1.05 bits per heavy atom. The second-order valence-corrected chi connectivity index (χ2v) is 5.15. The molecule has 1 aromatic carbocycles. The molecule has 8 heteroatoms. The Labute approximate surface area is 110 Å². The van der Waals surface area contributed by atoms with Gasteiger partial charge < -0.3 is 5.32 Å². The fourth-order valence-corrected chi connectivity index (χ4v) is 2.46. The monoisotopic (exact) mass is 296 g/mol. The lowest BCUT2D eigenvalue weighted by atomic mass is 10.2. The maximum atomic E-state index is 13.4. The Bertz CT molecular complexity index is 517. The minimum Gasteiger partial charge on any atom is -0.330 e. The van der Waals surface area contributed by atoms with Crippen molar-refractivity contribution in [2.24, 2.45) is 4.99 Å². The van der Waals surface area contributed by atoms with Crippen LogP contribution in [0.2, 0.25) is 0 Å². The fraction of sp³-hybridized carbons (Fsp3) is 0.364. The van der Waals surface area contributed by atoms with Crippen LogP contribution in [0.1, 0.15) is 13.3 Å². The maximum Gasteiger partial charge on any atom is 0.200 e. The summed E-state index contributed by atoms with van der Waals surface area (Å²) < 4.78 is 65.6. The first-order valence-electron chi connectivity index (χ1n) is 5.45. The van der Waals surface area contributed by atoms with Crippen molar-refractivity contribution in [3.63, 3.8) is 0 Å². The quantitative estimate of drug-likeness (QED) is 0.511. The Hall–Kier alpha value is -1.31. The zero-order valence-corrected chi connectivity index (χ0v) is 10.6. The van der Waals surface area contributed by atoms with E-state index in [-0.39, 0.29) is 10.4 Å². The second kappa shape index (κ2) is 5.36. The number of anilines is 1. The summed E-state index contributed by atoms with van der Waals surface area (Å²) in [7, 11) is 0. The number of halogens is 5. The molecule has 0 fully saturated rings. The first kappa shape index (κ1) is 14.1. The van der Waals surface area contributed by atoms with Crippen LogP contribution in [0.5, 0.6) is 0 Å². The third-order valence-corrected chi connectivity index (χ3v) is 3.88. The third-order valence-electron chi connectivity index (χ3n) is 2.61. The lowest BCUT2D eigenvalue weighted by molar-refractivity contribution is 0.382. The molecular formula is C11H9F5N2S. The minimum absolute atomic E-state index is 0.142. The summed E-state index contributed by atoms with van der Waals surface area (Å²) in [4.78, 5) is 3.94. The van der Waals surface area contributed by atoms with E-state index in [4.69, 9.17) is 0 Å². The molecular weight excluding hydrogens is 287 g/mol. The van der Waals surface area contributed by atoms with E-state index in [2.05, 4.69) is 10.3 Å². The van der Waals surface area contributed by atoms with Gasteiger partial charge in [-0.3, -0.25) is 4.99 Å². The average molecular weight is 296 g/mol. The van der Waals surface area contributed by atoms with Crippen LogP contribution in [0.4, 0.5) is 27.6 Å². The molecule has 0 saturated carbocycles. The molecule has 1 unspecified atom stereocenters. The van der Waals surface area contributed by atoms with Crippen LogP contribution >= 0.6 is 11.8 Å². The van der Waals surface area contributed by atoms with Crippen molar-refractivity contribution in [2.45, 2.75) is 18.6 Å². The van der Waals surface area contributed by atoms with E-state index in [1.54, 1.807) is 0 Å². The van der Waals surface area contributed by atoms with Crippen molar-refractivity contribution >= 4 is 22.6 Å². The highest BCUT2D eigenvalue weighted by molar-refractivity contribution is 8.15. The maximum absolute atomic E-state index is 13.4. The van der Waals surface area contributed by atoms with Crippen LogP contribution in [0, 0.1) is 29.1 Å². The van der Waals surface area contributed by atoms with Gasteiger partial charge in [0.05, 0.1) is 6.54 Å². The van der Waals surface area contributed by atoms with Gasteiger partial charge in [0.25, 0.3) is 0 Å². The largest absolute Gasteiger partial charge is 0.330 e. The summed E-state index contributed by atoms with van der Waals surface area (Å²) in [5, 5.41) is 2.46. The molecule has 0 spiro atoms. The van der Waals surface area contributed by atoms with E-state index in [1.165, 1.54) is 11.8 Å². The minimum atomic E-state index is -2.17. The van der Waals surface area contributed by atoms with Crippen molar-refractivity contribution in [1.82, 2.24) is 0 Å². The number of aliphatic imine (C=N–C) groups is 1. The molecule has 1 aliphatic heterocycles. The molecule has 1 aromatic rings. The molecule has 1 heterocycles. The zero-order chi connectivity index (χ0) is 14.2. The van der Waals surface area contributed by atoms with Gasteiger partial charge in [-0.2, -0.15) is 0 Å². The molecule has 0 aliphatic carbocycles. The molecule has 0 radical (unpaired) electrons. The molecule has 1 aliphatic rings. The summed E-state index contributed by atoms with van der Waals surface area (Å²) in [6.07, 6.45) is 0.788. The Kier molecular flexibility index (Phi) is 3.98. The fourth-order valence-electron chi connectivity index (χ4n) is 1.52. The van der Waals surface area contributed by atoms with Gasteiger partial charge in [-0.25, -0.2) is 22.0 Å². The number of hydrogen-bond donors (Lipinski definition) is 1. The first-order chi connectivity index (χ1) is 8.95. The van der Waals surface area contributed by atoms with Crippen LogP contribution in [0.3, 0.4) is 0 Å². The molecule has 19 heavy (non-hydrogen) atoms.